The number of carbonyl (C=O) groups excluding carboxylic acids is 1. The van der Waals surface area contributed by atoms with E-state index in [-0.39, 0.29) is 5.91 Å². The summed E-state index contributed by atoms with van der Waals surface area (Å²) in [5.74, 6) is 0.0152. The molecule has 0 radical (unpaired) electrons. The Morgan fingerprint density at radius 3 is 3.05 bits per heavy atom. The molecule has 112 valence electrons. The summed E-state index contributed by atoms with van der Waals surface area (Å²) in [5.41, 5.74) is 2.05. The number of rotatable bonds is 4. The highest BCUT2D eigenvalue weighted by molar-refractivity contribution is 5.92. The fraction of sp³-hybridized carbons (Fsp3) is 0.467. The van der Waals surface area contributed by atoms with Gasteiger partial charge in [-0.15, -0.1) is 0 Å². The Kier molecular flexibility index (Phi) is 3.79. The second-order valence-electron chi connectivity index (χ2n) is 5.47. The lowest BCUT2D eigenvalue weighted by Crippen LogP contribution is -2.42. The fourth-order valence-corrected chi connectivity index (χ4v) is 3.04. The maximum atomic E-state index is 12.2. The summed E-state index contributed by atoms with van der Waals surface area (Å²) in [6.45, 7) is 4.43. The first kappa shape index (κ1) is 13.9. The second-order valence-corrected chi connectivity index (χ2v) is 5.47. The first-order valence-corrected chi connectivity index (χ1v) is 7.35. The molecular weight excluding hydrogens is 266 g/mol. The predicted octanol–water partition coefficient (Wildman–Crippen LogP) is 1.63. The zero-order valence-corrected chi connectivity index (χ0v) is 12.5. The molecule has 0 spiro atoms. The number of hydrogen-bond donors (Lipinski definition) is 1. The first-order chi connectivity index (χ1) is 10.2. The Labute approximate surface area is 124 Å². The van der Waals surface area contributed by atoms with Crippen molar-refractivity contribution in [3.63, 3.8) is 0 Å². The molecule has 1 aliphatic heterocycles. The average molecular weight is 287 g/mol. The van der Waals surface area contributed by atoms with Gasteiger partial charge in [-0.3, -0.25) is 14.4 Å². The standard InChI is InChI=1S/C15H21N5O/c1-3-13-14-5-4-6-19(14)7-8-20(13)11-15(21)17-12-9-16-18(2)10-12/h4-6,9-10,13H,3,7-8,11H2,1-2H3,(H,17,21)/t13-/m0/s1. The molecule has 0 aromatic carbocycles. The van der Waals surface area contributed by atoms with E-state index in [0.717, 1.165) is 25.2 Å². The van der Waals surface area contributed by atoms with Crippen molar-refractivity contribution in [2.24, 2.45) is 7.05 Å². The predicted molar refractivity (Wildman–Crippen MR) is 80.9 cm³/mol. The number of nitrogens with zero attached hydrogens (tertiary/aromatic N) is 4. The molecule has 0 fully saturated rings. The van der Waals surface area contributed by atoms with Crippen LogP contribution in [0.3, 0.4) is 0 Å². The molecule has 1 aliphatic rings. The van der Waals surface area contributed by atoms with E-state index in [9.17, 15) is 4.79 Å². The van der Waals surface area contributed by atoms with Crippen LogP contribution in [-0.2, 0) is 18.4 Å². The lowest BCUT2D eigenvalue weighted by molar-refractivity contribution is -0.118. The van der Waals surface area contributed by atoms with Crippen LogP contribution < -0.4 is 5.32 Å². The number of aryl methyl sites for hydroxylation is 1. The van der Waals surface area contributed by atoms with E-state index in [1.54, 1.807) is 17.1 Å². The van der Waals surface area contributed by atoms with Crippen molar-refractivity contribution in [2.45, 2.75) is 25.9 Å². The summed E-state index contributed by atoms with van der Waals surface area (Å²) in [6, 6.07) is 4.55. The molecule has 0 bridgehead atoms. The Balaban J connectivity index is 1.66. The molecule has 0 saturated heterocycles. The molecule has 0 saturated carbocycles. The summed E-state index contributed by atoms with van der Waals surface area (Å²) in [7, 11) is 1.83. The topological polar surface area (TPSA) is 55.1 Å². The van der Waals surface area contributed by atoms with Gasteiger partial charge in [-0.05, 0) is 18.6 Å². The Bertz CT molecular complexity index is 630. The zero-order chi connectivity index (χ0) is 14.8. The van der Waals surface area contributed by atoms with Crippen LogP contribution in [0.5, 0.6) is 0 Å². The molecule has 2 aromatic rings. The van der Waals surface area contributed by atoms with Crippen LogP contribution >= 0.6 is 0 Å². The van der Waals surface area contributed by atoms with Crippen LogP contribution in [0.1, 0.15) is 25.1 Å². The van der Waals surface area contributed by atoms with E-state index in [0.29, 0.717) is 12.6 Å². The third-order valence-electron chi connectivity index (χ3n) is 4.00. The molecule has 6 nitrogen and oxygen atoms in total. The van der Waals surface area contributed by atoms with Crippen molar-refractivity contribution in [3.8, 4) is 0 Å². The number of hydrogen-bond acceptors (Lipinski definition) is 3. The van der Waals surface area contributed by atoms with Crippen molar-refractivity contribution in [3.05, 3.63) is 36.4 Å². The molecule has 21 heavy (non-hydrogen) atoms. The quantitative estimate of drug-likeness (QED) is 0.930. The highest BCUT2D eigenvalue weighted by atomic mass is 16.2. The molecular formula is C15H21N5O. The highest BCUT2D eigenvalue weighted by Crippen LogP contribution is 2.28. The Morgan fingerprint density at radius 2 is 2.33 bits per heavy atom. The monoisotopic (exact) mass is 287 g/mol. The minimum absolute atomic E-state index is 0.0152. The second kappa shape index (κ2) is 5.73. The number of fused-ring (bicyclic) bond motifs is 1. The zero-order valence-electron chi connectivity index (χ0n) is 12.5. The Morgan fingerprint density at radius 1 is 1.48 bits per heavy atom. The van der Waals surface area contributed by atoms with Crippen LogP contribution in [0.15, 0.2) is 30.7 Å². The third-order valence-corrected chi connectivity index (χ3v) is 4.00. The number of anilines is 1. The van der Waals surface area contributed by atoms with E-state index in [4.69, 9.17) is 0 Å². The van der Waals surface area contributed by atoms with Crippen molar-refractivity contribution in [1.82, 2.24) is 19.2 Å². The molecule has 3 heterocycles. The summed E-state index contributed by atoms with van der Waals surface area (Å²) in [4.78, 5) is 14.5. The molecule has 1 amide bonds. The maximum Gasteiger partial charge on any atom is 0.238 e. The van der Waals surface area contributed by atoms with E-state index in [1.165, 1.54) is 5.69 Å². The van der Waals surface area contributed by atoms with Gasteiger partial charge in [0.15, 0.2) is 0 Å². The van der Waals surface area contributed by atoms with E-state index in [1.807, 2.05) is 7.05 Å². The van der Waals surface area contributed by atoms with E-state index in [2.05, 4.69) is 45.1 Å². The minimum atomic E-state index is 0.0152. The molecule has 0 aliphatic carbocycles. The lowest BCUT2D eigenvalue weighted by Gasteiger charge is -2.36. The van der Waals surface area contributed by atoms with Gasteiger partial charge in [0.05, 0.1) is 24.5 Å². The summed E-state index contributed by atoms with van der Waals surface area (Å²) in [6.07, 6.45) is 6.59. The van der Waals surface area contributed by atoms with Crippen LogP contribution in [-0.4, -0.2) is 38.2 Å². The average Bonchev–Trinajstić information content (AvgIpc) is 3.07. The summed E-state index contributed by atoms with van der Waals surface area (Å²) < 4.78 is 3.96. The highest BCUT2D eigenvalue weighted by Gasteiger charge is 2.27. The van der Waals surface area contributed by atoms with E-state index < -0.39 is 0 Å². The molecule has 6 heteroatoms. The van der Waals surface area contributed by atoms with Crippen LogP contribution in [0.4, 0.5) is 5.69 Å². The Hall–Kier alpha value is -2.08. The van der Waals surface area contributed by atoms with Gasteiger partial charge >= 0.3 is 0 Å². The van der Waals surface area contributed by atoms with Crippen molar-refractivity contribution < 1.29 is 4.79 Å². The van der Waals surface area contributed by atoms with Crippen molar-refractivity contribution in [2.75, 3.05) is 18.4 Å². The largest absolute Gasteiger partial charge is 0.349 e. The molecule has 3 rings (SSSR count). The fourth-order valence-electron chi connectivity index (χ4n) is 3.04. The van der Waals surface area contributed by atoms with Crippen molar-refractivity contribution >= 4 is 11.6 Å². The van der Waals surface area contributed by atoms with Gasteiger partial charge in [-0.25, -0.2) is 0 Å². The van der Waals surface area contributed by atoms with Crippen LogP contribution in [0.2, 0.25) is 0 Å². The molecule has 1 N–H and O–H groups in total. The molecule has 1 atom stereocenters. The smallest absolute Gasteiger partial charge is 0.238 e. The number of amides is 1. The number of aromatic nitrogens is 3. The van der Waals surface area contributed by atoms with Gasteiger partial charge in [0.1, 0.15) is 0 Å². The third kappa shape index (κ3) is 2.85. The maximum absolute atomic E-state index is 12.2. The summed E-state index contributed by atoms with van der Waals surface area (Å²) >= 11 is 0. The molecule has 0 unspecified atom stereocenters. The number of nitrogens with one attached hydrogen (secondary N) is 1. The van der Waals surface area contributed by atoms with E-state index >= 15 is 0 Å². The van der Waals surface area contributed by atoms with Crippen molar-refractivity contribution in [1.29, 1.82) is 0 Å². The summed E-state index contributed by atoms with van der Waals surface area (Å²) in [5, 5.41) is 6.96. The van der Waals surface area contributed by atoms with Crippen LogP contribution in [0.25, 0.3) is 0 Å². The van der Waals surface area contributed by atoms with Crippen LogP contribution in [0, 0.1) is 0 Å². The SMILES string of the molecule is CC[C@H]1c2cccn2CCN1CC(=O)Nc1cnn(C)c1. The molecule has 2 aromatic heterocycles. The number of carbonyl (C=O) groups is 1. The van der Waals surface area contributed by atoms with Gasteiger partial charge in [0.25, 0.3) is 0 Å². The van der Waals surface area contributed by atoms with Gasteiger partial charge in [-0.2, -0.15) is 5.10 Å². The minimum Gasteiger partial charge on any atom is -0.349 e. The lowest BCUT2D eigenvalue weighted by atomic mass is 10.1. The van der Waals surface area contributed by atoms with Gasteiger partial charge in [-0.1, -0.05) is 6.92 Å². The first-order valence-electron chi connectivity index (χ1n) is 7.35. The van der Waals surface area contributed by atoms with Gasteiger partial charge < -0.3 is 9.88 Å². The van der Waals surface area contributed by atoms with Gasteiger partial charge in [0, 0.05) is 38.2 Å². The normalized spacial score (nSPS) is 18.5. The van der Waals surface area contributed by atoms with Gasteiger partial charge in [0.2, 0.25) is 5.91 Å².